The minimum atomic E-state index is -0.219. The molecule has 0 radical (unpaired) electrons. The Hall–Kier alpha value is -2.88. The molecule has 0 spiro atoms. The summed E-state index contributed by atoms with van der Waals surface area (Å²) in [6.07, 6.45) is 3.11. The minimum Gasteiger partial charge on any atom is -0.393 e. The lowest BCUT2D eigenvalue weighted by Crippen LogP contribution is -2.44. The number of aliphatic hydroxyl groups is 1. The Morgan fingerprint density at radius 3 is 2.65 bits per heavy atom. The van der Waals surface area contributed by atoms with Gasteiger partial charge in [-0.25, -0.2) is 4.98 Å². The van der Waals surface area contributed by atoms with Gasteiger partial charge in [0.25, 0.3) is 5.56 Å². The third kappa shape index (κ3) is 3.97. The molecular weight excluding hydrogens is 448 g/mol. The number of H-pyrrole nitrogens is 2. The van der Waals surface area contributed by atoms with E-state index in [1.54, 1.807) is 11.3 Å². The summed E-state index contributed by atoms with van der Waals surface area (Å²) in [7, 11) is 2.16. The molecule has 1 saturated heterocycles. The molecule has 1 saturated carbocycles. The molecule has 4 aromatic rings. The van der Waals surface area contributed by atoms with Gasteiger partial charge in [-0.1, -0.05) is 0 Å². The maximum atomic E-state index is 13.3. The van der Waals surface area contributed by atoms with Crippen LogP contribution in [0.5, 0.6) is 0 Å². The van der Waals surface area contributed by atoms with Crippen molar-refractivity contribution in [1.29, 1.82) is 0 Å². The number of anilines is 2. The Balaban J connectivity index is 1.40. The van der Waals surface area contributed by atoms with Crippen LogP contribution < -0.4 is 15.8 Å². The predicted octanol–water partition coefficient (Wildman–Crippen LogP) is 3.60. The number of hydrogen-bond donors (Lipinski definition) is 4. The Morgan fingerprint density at radius 1 is 1.06 bits per heavy atom. The van der Waals surface area contributed by atoms with Crippen molar-refractivity contribution < 1.29 is 5.11 Å². The molecule has 2 aliphatic rings. The van der Waals surface area contributed by atoms with Crippen molar-refractivity contribution in [2.75, 3.05) is 43.4 Å². The van der Waals surface area contributed by atoms with E-state index in [1.807, 2.05) is 17.5 Å². The van der Waals surface area contributed by atoms with E-state index < -0.39 is 0 Å². The van der Waals surface area contributed by atoms with Crippen molar-refractivity contribution in [3.05, 3.63) is 40.0 Å². The quantitative estimate of drug-likeness (QED) is 0.358. The van der Waals surface area contributed by atoms with E-state index in [4.69, 9.17) is 4.98 Å². The Labute approximate surface area is 201 Å². The average molecular weight is 479 g/mol. The van der Waals surface area contributed by atoms with Crippen LogP contribution in [0.2, 0.25) is 0 Å². The van der Waals surface area contributed by atoms with Crippen LogP contribution in [0.15, 0.2) is 34.4 Å². The molecule has 0 atom stereocenters. The van der Waals surface area contributed by atoms with Gasteiger partial charge in [-0.05, 0) is 62.4 Å². The topological polar surface area (TPSA) is 100 Å². The van der Waals surface area contributed by atoms with Gasteiger partial charge in [0.2, 0.25) is 0 Å². The number of nitrogens with zero attached hydrogens (tertiary/aromatic N) is 3. The number of rotatable bonds is 4. The highest BCUT2D eigenvalue weighted by Crippen LogP contribution is 2.36. The van der Waals surface area contributed by atoms with Crippen molar-refractivity contribution >= 4 is 44.0 Å². The van der Waals surface area contributed by atoms with Crippen LogP contribution >= 0.6 is 11.3 Å². The minimum absolute atomic E-state index is 0.150. The third-order valence-corrected chi connectivity index (χ3v) is 8.17. The highest BCUT2D eigenvalue weighted by atomic mass is 32.1. The first-order valence-electron chi connectivity index (χ1n) is 12.1. The lowest BCUT2D eigenvalue weighted by molar-refractivity contribution is 0.126. The van der Waals surface area contributed by atoms with E-state index in [0.29, 0.717) is 11.4 Å². The van der Waals surface area contributed by atoms with E-state index in [2.05, 4.69) is 44.3 Å². The lowest BCUT2D eigenvalue weighted by atomic mass is 9.93. The SMILES string of the molecule is CN1CCN(c2ccc3nc(-c4c(NC5CCC(O)CC5)c5sccc5[nH]c4=O)[nH]c3c2)CC1. The van der Waals surface area contributed by atoms with Crippen LogP contribution in [-0.2, 0) is 0 Å². The first-order valence-corrected chi connectivity index (χ1v) is 12.9. The van der Waals surface area contributed by atoms with E-state index >= 15 is 0 Å². The summed E-state index contributed by atoms with van der Waals surface area (Å²) in [6.45, 7) is 4.11. The molecule has 1 aliphatic carbocycles. The molecule has 4 N–H and O–H groups in total. The van der Waals surface area contributed by atoms with Crippen LogP contribution in [0, 0.1) is 0 Å². The number of piperazine rings is 1. The zero-order valence-corrected chi connectivity index (χ0v) is 20.1. The summed E-state index contributed by atoms with van der Waals surface area (Å²) < 4.78 is 1.03. The molecule has 1 aromatic carbocycles. The van der Waals surface area contributed by atoms with Gasteiger partial charge in [0, 0.05) is 37.9 Å². The van der Waals surface area contributed by atoms with Gasteiger partial charge in [-0.2, -0.15) is 0 Å². The zero-order valence-electron chi connectivity index (χ0n) is 19.3. The smallest absolute Gasteiger partial charge is 0.261 e. The number of fused-ring (bicyclic) bond motifs is 2. The van der Waals surface area contributed by atoms with Crippen molar-refractivity contribution in [2.24, 2.45) is 0 Å². The molecule has 0 bridgehead atoms. The first kappa shape index (κ1) is 21.6. The number of imidazole rings is 1. The number of hydrogen-bond acceptors (Lipinski definition) is 7. The van der Waals surface area contributed by atoms with E-state index in [-0.39, 0.29) is 17.7 Å². The summed E-state index contributed by atoms with van der Waals surface area (Å²) >= 11 is 1.61. The summed E-state index contributed by atoms with van der Waals surface area (Å²) in [5, 5.41) is 15.6. The standard InChI is InChI=1S/C25H30N6O2S/c1-30-9-11-31(12-10-30)16-4-7-18-20(14-16)28-24(27-18)21-22(26-15-2-5-17(32)6-3-15)23-19(8-13-34-23)29-25(21)33/h4,7-8,13-15,17,32H,2-3,5-6,9-12H2,1H3,(H,27,28)(H2,26,29,33). The maximum Gasteiger partial charge on any atom is 0.261 e. The molecule has 9 heteroatoms. The monoisotopic (exact) mass is 478 g/mol. The van der Waals surface area contributed by atoms with E-state index in [0.717, 1.165) is 78.8 Å². The Morgan fingerprint density at radius 2 is 1.85 bits per heavy atom. The van der Waals surface area contributed by atoms with Gasteiger partial charge in [0.15, 0.2) is 0 Å². The molecule has 3 aromatic heterocycles. The third-order valence-electron chi connectivity index (χ3n) is 7.23. The Kier molecular flexibility index (Phi) is 5.55. The lowest BCUT2D eigenvalue weighted by Gasteiger charge is -2.34. The summed E-state index contributed by atoms with van der Waals surface area (Å²) in [5.74, 6) is 0.584. The molecule has 0 unspecified atom stereocenters. The fourth-order valence-corrected chi connectivity index (χ4v) is 6.04. The number of aromatic amines is 2. The second-order valence-corrected chi connectivity index (χ2v) is 10.5. The van der Waals surface area contributed by atoms with Gasteiger partial charge in [-0.3, -0.25) is 4.79 Å². The Bertz CT molecular complexity index is 1380. The van der Waals surface area contributed by atoms with Crippen LogP contribution in [0.25, 0.3) is 32.6 Å². The molecule has 8 nitrogen and oxygen atoms in total. The van der Waals surface area contributed by atoms with E-state index in [9.17, 15) is 9.90 Å². The van der Waals surface area contributed by atoms with Crippen molar-refractivity contribution in [2.45, 2.75) is 37.8 Å². The van der Waals surface area contributed by atoms with Gasteiger partial charge in [0.05, 0.1) is 33.0 Å². The fraction of sp³-hybridized carbons (Fsp3) is 0.440. The average Bonchev–Trinajstić information content (AvgIpc) is 3.47. The second-order valence-electron chi connectivity index (χ2n) is 9.59. The van der Waals surface area contributed by atoms with Crippen molar-refractivity contribution in [1.82, 2.24) is 19.9 Å². The highest BCUT2D eigenvalue weighted by molar-refractivity contribution is 7.17. The molecule has 2 fully saturated rings. The predicted molar refractivity (Wildman–Crippen MR) is 139 cm³/mol. The highest BCUT2D eigenvalue weighted by Gasteiger charge is 2.24. The molecule has 34 heavy (non-hydrogen) atoms. The van der Waals surface area contributed by atoms with Gasteiger partial charge < -0.3 is 30.2 Å². The van der Waals surface area contributed by atoms with Gasteiger partial charge in [0.1, 0.15) is 11.4 Å². The van der Waals surface area contributed by atoms with Gasteiger partial charge in [-0.15, -0.1) is 11.3 Å². The second kappa shape index (κ2) is 8.72. The van der Waals surface area contributed by atoms with E-state index in [1.165, 1.54) is 5.69 Å². The largest absolute Gasteiger partial charge is 0.393 e. The molecular formula is C25H30N6O2S. The number of benzene rings is 1. The first-order chi connectivity index (χ1) is 16.5. The van der Waals surface area contributed by atoms with Crippen LogP contribution in [0.1, 0.15) is 25.7 Å². The molecule has 0 amide bonds. The summed E-state index contributed by atoms with van der Waals surface area (Å²) in [6, 6.07) is 8.48. The van der Waals surface area contributed by atoms with Crippen LogP contribution in [-0.4, -0.2) is 70.3 Å². The number of nitrogens with one attached hydrogen (secondary N) is 3. The number of thiophene rings is 1. The number of aliphatic hydroxyl groups excluding tert-OH is 1. The maximum absolute atomic E-state index is 13.3. The molecule has 6 rings (SSSR count). The molecule has 178 valence electrons. The molecule has 1 aliphatic heterocycles. The van der Waals surface area contributed by atoms with Crippen molar-refractivity contribution in [3.8, 4) is 11.4 Å². The summed E-state index contributed by atoms with van der Waals surface area (Å²) in [4.78, 5) is 29.3. The number of aromatic nitrogens is 3. The number of pyridine rings is 1. The normalized spacial score (nSPS) is 22.0. The van der Waals surface area contributed by atoms with Crippen LogP contribution in [0.3, 0.4) is 0 Å². The zero-order chi connectivity index (χ0) is 23.2. The summed E-state index contributed by atoms with van der Waals surface area (Å²) in [5.41, 5.74) is 5.05. The van der Waals surface area contributed by atoms with Gasteiger partial charge >= 0.3 is 0 Å². The number of likely N-dealkylation sites (N-methyl/N-ethyl adjacent to an activating group) is 1. The van der Waals surface area contributed by atoms with Crippen LogP contribution in [0.4, 0.5) is 11.4 Å². The molecule has 4 heterocycles. The van der Waals surface area contributed by atoms with Crippen molar-refractivity contribution in [3.63, 3.8) is 0 Å². The fourth-order valence-electron chi connectivity index (χ4n) is 5.18.